The van der Waals surface area contributed by atoms with Crippen molar-refractivity contribution in [3.05, 3.63) is 46.7 Å². The van der Waals surface area contributed by atoms with E-state index in [9.17, 15) is 5.11 Å². The fraction of sp³-hybridized carbons (Fsp3) is 0.200. The Hall–Kier alpha value is -0.950. The van der Waals surface area contributed by atoms with Crippen LogP contribution in [0.1, 0.15) is 13.3 Å². The topological polar surface area (TPSA) is 20.2 Å². The Kier molecular flexibility index (Phi) is 3.18. The number of allylic oxidation sites excluding steroid dienone is 7. The predicted octanol–water partition coefficient (Wildman–Crippen LogP) is 3.46. The quantitative estimate of drug-likeness (QED) is 0.659. The van der Waals surface area contributed by atoms with Crippen molar-refractivity contribution in [1.82, 2.24) is 0 Å². The zero-order chi connectivity index (χ0) is 8.97. The molecule has 0 fully saturated rings. The molecule has 0 saturated heterocycles. The summed E-state index contributed by atoms with van der Waals surface area (Å²) in [5, 5.41) is 9.76. The Morgan fingerprint density at radius 1 is 1.50 bits per heavy atom. The molecule has 0 bridgehead atoms. The van der Waals surface area contributed by atoms with Gasteiger partial charge in [0.1, 0.15) is 5.76 Å². The Balaban J connectivity index is 2.90. The highest BCUT2D eigenvalue weighted by atomic mass is 35.5. The van der Waals surface area contributed by atoms with E-state index in [-0.39, 0.29) is 5.76 Å². The molecule has 0 saturated carbocycles. The molecule has 1 rings (SSSR count). The molecule has 2 heteroatoms. The lowest BCUT2D eigenvalue weighted by atomic mass is 10.2. The number of aliphatic hydroxyl groups is 1. The van der Waals surface area contributed by atoms with Crippen LogP contribution in [-0.4, -0.2) is 5.11 Å². The third-order valence-corrected chi connectivity index (χ3v) is 1.91. The molecule has 0 aromatic rings. The molecule has 12 heavy (non-hydrogen) atoms. The summed E-state index contributed by atoms with van der Waals surface area (Å²) < 4.78 is 0. The van der Waals surface area contributed by atoms with Crippen LogP contribution in [0.25, 0.3) is 0 Å². The van der Waals surface area contributed by atoms with E-state index in [1.54, 1.807) is 12.2 Å². The van der Waals surface area contributed by atoms with Crippen LogP contribution in [-0.2, 0) is 0 Å². The number of aliphatic hydroxyl groups excluding tert-OH is 1. The fourth-order valence-corrected chi connectivity index (χ4v) is 1.14. The lowest BCUT2D eigenvalue weighted by molar-refractivity contribution is 0.429. The van der Waals surface area contributed by atoms with Crippen molar-refractivity contribution in [3.8, 4) is 0 Å². The average Bonchev–Trinajstić information content (AvgIpc) is 2.16. The molecule has 0 aromatic heterocycles. The fourth-order valence-electron chi connectivity index (χ4n) is 0.997. The molecule has 0 aromatic carbocycles. The lowest BCUT2D eigenvalue weighted by Crippen LogP contribution is -1.79. The minimum absolute atomic E-state index is 0.138. The van der Waals surface area contributed by atoms with Crippen LogP contribution in [0.5, 0.6) is 0 Å². The zero-order valence-electron chi connectivity index (χ0n) is 6.92. The number of hydrogen-bond acceptors (Lipinski definition) is 1. The second-order valence-corrected chi connectivity index (χ2v) is 2.93. The first-order valence-corrected chi connectivity index (χ1v) is 4.21. The molecule has 0 heterocycles. The number of halogens is 1. The number of rotatable bonds is 1. The monoisotopic (exact) mass is 182 g/mol. The smallest absolute Gasteiger partial charge is 0.134 e. The lowest BCUT2D eigenvalue weighted by Gasteiger charge is -1.94. The van der Waals surface area contributed by atoms with Crippen LogP contribution in [0.4, 0.5) is 0 Å². The summed E-state index contributed by atoms with van der Waals surface area (Å²) >= 11 is 5.72. The van der Waals surface area contributed by atoms with Gasteiger partial charge in [0.2, 0.25) is 0 Å². The molecule has 0 amide bonds. The van der Waals surface area contributed by atoms with Crippen molar-refractivity contribution in [2.45, 2.75) is 13.3 Å². The Bertz CT molecular complexity index is 282. The standard InChI is InChI=1S/C10H11ClO/c1-2-4-8-5-3-6-9(11)10(12)7-8/h2,4-7,12H,3H2,1H3/b4-2+. The van der Waals surface area contributed by atoms with Gasteiger partial charge < -0.3 is 5.11 Å². The second-order valence-electron chi connectivity index (χ2n) is 2.52. The molecule has 64 valence electrons. The first-order valence-electron chi connectivity index (χ1n) is 3.83. The largest absolute Gasteiger partial charge is 0.506 e. The van der Waals surface area contributed by atoms with E-state index in [0.29, 0.717) is 5.03 Å². The van der Waals surface area contributed by atoms with Gasteiger partial charge in [-0.1, -0.05) is 35.9 Å². The summed E-state index contributed by atoms with van der Waals surface area (Å²) in [5.41, 5.74) is 0.988. The second kappa shape index (κ2) is 4.17. The van der Waals surface area contributed by atoms with Crippen molar-refractivity contribution in [1.29, 1.82) is 0 Å². The Labute approximate surface area is 77.4 Å². The van der Waals surface area contributed by atoms with Crippen LogP contribution in [0.2, 0.25) is 0 Å². The third-order valence-electron chi connectivity index (χ3n) is 1.56. The van der Waals surface area contributed by atoms with E-state index in [1.165, 1.54) is 0 Å². The van der Waals surface area contributed by atoms with Crippen molar-refractivity contribution >= 4 is 11.6 Å². The van der Waals surface area contributed by atoms with E-state index >= 15 is 0 Å². The van der Waals surface area contributed by atoms with Crippen molar-refractivity contribution in [2.75, 3.05) is 0 Å². The van der Waals surface area contributed by atoms with E-state index in [2.05, 4.69) is 0 Å². The summed E-state index contributed by atoms with van der Waals surface area (Å²) in [6.45, 7) is 1.94. The molecule has 0 unspecified atom stereocenters. The van der Waals surface area contributed by atoms with Gasteiger partial charge in [-0.2, -0.15) is 0 Å². The van der Waals surface area contributed by atoms with Crippen molar-refractivity contribution < 1.29 is 5.11 Å². The highest BCUT2D eigenvalue weighted by Gasteiger charge is 2.02. The summed E-state index contributed by atoms with van der Waals surface area (Å²) in [4.78, 5) is 0. The van der Waals surface area contributed by atoms with E-state index < -0.39 is 0 Å². The summed E-state index contributed by atoms with van der Waals surface area (Å²) in [6.07, 6.45) is 10.1. The molecule has 0 atom stereocenters. The summed E-state index contributed by atoms with van der Waals surface area (Å²) in [7, 11) is 0. The van der Waals surface area contributed by atoms with Gasteiger partial charge in [0.25, 0.3) is 0 Å². The van der Waals surface area contributed by atoms with E-state index in [4.69, 9.17) is 11.6 Å². The van der Waals surface area contributed by atoms with Crippen molar-refractivity contribution in [3.63, 3.8) is 0 Å². The molecular weight excluding hydrogens is 172 g/mol. The van der Waals surface area contributed by atoms with Gasteiger partial charge in [-0.3, -0.25) is 0 Å². The molecule has 1 N–H and O–H groups in total. The van der Waals surface area contributed by atoms with Gasteiger partial charge in [-0.15, -0.1) is 0 Å². The van der Waals surface area contributed by atoms with Crippen molar-refractivity contribution in [2.24, 2.45) is 0 Å². The van der Waals surface area contributed by atoms with Crippen LogP contribution in [0.15, 0.2) is 46.7 Å². The van der Waals surface area contributed by atoms with Crippen LogP contribution in [0, 0.1) is 0 Å². The first kappa shape index (κ1) is 9.14. The highest BCUT2D eigenvalue weighted by Crippen LogP contribution is 2.19. The highest BCUT2D eigenvalue weighted by molar-refractivity contribution is 6.31. The van der Waals surface area contributed by atoms with Gasteiger partial charge in [-0.05, 0) is 25.0 Å². The molecular formula is C10H11ClO. The SMILES string of the molecule is C/C=C/C1=CCC=C(Cl)C(O)=C1. The number of hydrogen-bond donors (Lipinski definition) is 1. The first-order chi connectivity index (χ1) is 5.74. The Morgan fingerprint density at radius 3 is 2.92 bits per heavy atom. The summed E-state index contributed by atoms with van der Waals surface area (Å²) in [5.74, 6) is 0.138. The van der Waals surface area contributed by atoms with Gasteiger partial charge in [0.05, 0.1) is 5.03 Å². The van der Waals surface area contributed by atoms with Crippen LogP contribution >= 0.6 is 11.6 Å². The predicted molar refractivity (Wildman–Crippen MR) is 52.2 cm³/mol. The average molecular weight is 183 g/mol. The van der Waals surface area contributed by atoms with E-state index in [1.807, 2.05) is 25.2 Å². The maximum absolute atomic E-state index is 9.34. The Morgan fingerprint density at radius 2 is 2.25 bits per heavy atom. The normalized spacial score (nSPS) is 18.3. The minimum atomic E-state index is 0.138. The maximum Gasteiger partial charge on any atom is 0.134 e. The molecule has 1 aliphatic carbocycles. The summed E-state index contributed by atoms with van der Waals surface area (Å²) in [6, 6.07) is 0. The zero-order valence-corrected chi connectivity index (χ0v) is 7.67. The van der Waals surface area contributed by atoms with Gasteiger partial charge in [0.15, 0.2) is 0 Å². The molecule has 0 spiro atoms. The van der Waals surface area contributed by atoms with Crippen LogP contribution in [0.3, 0.4) is 0 Å². The maximum atomic E-state index is 9.34. The van der Waals surface area contributed by atoms with Gasteiger partial charge >= 0.3 is 0 Å². The molecule has 0 aliphatic heterocycles. The molecule has 1 nitrogen and oxygen atoms in total. The minimum Gasteiger partial charge on any atom is -0.506 e. The molecule has 1 aliphatic rings. The van der Waals surface area contributed by atoms with E-state index in [0.717, 1.165) is 12.0 Å². The van der Waals surface area contributed by atoms with Gasteiger partial charge in [0, 0.05) is 0 Å². The molecule has 0 radical (unpaired) electrons. The third kappa shape index (κ3) is 2.28. The van der Waals surface area contributed by atoms with Crippen LogP contribution < -0.4 is 0 Å². The van der Waals surface area contributed by atoms with Gasteiger partial charge in [-0.25, -0.2) is 0 Å².